The molecule has 2 N–H and O–H groups in total. The number of aliphatic hydroxyl groups excluding tert-OH is 1. The first kappa shape index (κ1) is 17.0. The maximum absolute atomic E-state index is 10.4. The number of hydrogen-bond acceptors (Lipinski definition) is 3. The second-order valence-electron chi connectivity index (χ2n) is 6.88. The molecule has 0 saturated carbocycles. The van der Waals surface area contributed by atoms with Crippen molar-refractivity contribution in [2.45, 2.75) is 38.8 Å². The Hall–Kier alpha value is -1.84. The van der Waals surface area contributed by atoms with E-state index in [2.05, 4.69) is 54.4 Å². The van der Waals surface area contributed by atoms with Gasteiger partial charge in [-0.1, -0.05) is 42.0 Å². The van der Waals surface area contributed by atoms with Gasteiger partial charge < -0.3 is 15.3 Å². The maximum atomic E-state index is 10.4. The van der Waals surface area contributed by atoms with Gasteiger partial charge in [-0.25, -0.2) is 0 Å². The number of hydrogen-bond donors (Lipinski definition) is 2. The summed E-state index contributed by atoms with van der Waals surface area (Å²) in [5.41, 5.74) is 4.81. The minimum Gasteiger partial charge on any atom is -0.387 e. The van der Waals surface area contributed by atoms with E-state index in [-0.39, 0.29) is 0 Å². The van der Waals surface area contributed by atoms with Gasteiger partial charge in [0.05, 0.1) is 6.10 Å². The molecule has 3 nitrogen and oxygen atoms in total. The lowest BCUT2D eigenvalue weighted by Gasteiger charge is -2.34. The van der Waals surface area contributed by atoms with E-state index >= 15 is 0 Å². The second kappa shape index (κ2) is 7.82. The summed E-state index contributed by atoms with van der Waals surface area (Å²) >= 11 is 0. The van der Waals surface area contributed by atoms with Crippen LogP contribution in [0, 0.1) is 13.8 Å². The quantitative estimate of drug-likeness (QED) is 0.882. The third-order valence-electron chi connectivity index (χ3n) is 5.04. The molecular formula is C21H28N2O. The van der Waals surface area contributed by atoms with Crippen LogP contribution in [0.5, 0.6) is 0 Å². The van der Waals surface area contributed by atoms with Crippen LogP contribution in [0.25, 0.3) is 0 Å². The number of rotatable bonds is 5. The highest BCUT2D eigenvalue weighted by Crippen LogP contribution is 2.21. The Morgan fingerprint density at radius 1 is 1.04 bits per heavy atom. The number of piperidine rings is 1. The van der Waals surface area contributed by atoms with Gasteiger partial charge in [-0.3, -0.25) is 0 Å². The number of benzene rings is 2. The molecule has 0 amide bonds. The highest BCUT2D eigenvalue weighted by molar-refractivity contribution is 5.47. The van der Waals surface area contributed by atoms with Crippen molar-refractivity contribution in [1.29, 1.82) is 0 Å². The minimum absolute atomic E-state index is 0.429. The third kappa shape index (κ3) is 4.16. The molecule has 0 spiro atoms. The van der Waals surface area contributed by atoms with Crippen molar-refractivity contribution in [2.75, 3.05) is 24.5 Å². The summed E-state index contributed by atoms with van der Waals surface area (Å²) in [6.07, 6.45) is 1.81. The van der Waals surface area contributed by atoms with Crippen LogP contribution in [0.4, 0.5) is 5.69 Å². The lowest BCUT2D eigenvalue weighted by atomic mass is 10.0. The number of nitrogens with zero attached hydrogens (tertiary/aromatic N) is 1. The Morgan fingerprint density at radius 3 is 2.38 bits per heavy atom. The van der Waals surface area contributed by atoms with Gasteiger partial charge in [-0.2, -0.15) is 0 Å². The monoisotopic (exact) mass is 324 g/mol. The SMILES string of the molecule is Cc1ccc(N2CCC(NCC(O)c3ccccc3C)CC2)cc1. The fraction of sp³-hybridized carbons (Fsp3) is 0.429. The molecule has 1 aliphatic heterocycles. The Bertz CT molecular complexity index is 645. The van der Waals surface area contributed by atoms with Gasteiger partial charge in [0.25, 0.3) is 0 Å². The van der Waals surface area contributed by atoms with Crippen LogP contribution in [-0.2, 0) is 0 Å². The first-order valence-corrected chi connectivity index (χ1v) is 8.92. The molecule has 2 aromatic carbocycles. The second-order valence-corrected chi connectivity index (χ2v) is 6.88. The summed E-state index contributed by atoms with van der Waals surface area (Å²) in [5, 5.41) is 14.0. The smallest absolute Gasteiger partial charge is 0.0917 e. The molecule has 0 radical (unpaired) electrons. The fourth-order valence-corrected chi connectivity index (χ4v) is 3.45. The van der Waals surface area contributed by atoms with E-state index in [0.29, 0.717) is 12.6 Å². The molecule has 1 atom stereocenters. The molecule has 1 saturated heterocycles. The zero-order valence-electron chi connectivity index (χ0n) is 14.7. The van der Waals surface area contributed by atoms with E-state index in [1.54, 1.807) is 0 Å². The summed E-state index contributed by atoms with van der Waals surface area (Å²) in [5.74, 6) is 0. The summed E-state index contributed by atoms with van der Waals surface area (Å²) < 4.78 is 0. The summed E-state index contributed by atoms with van der Waals surface area (Å²) in [4.78, 5) is 2.45. The number of nitrogens with one attached hydrogen (secondary N) is 1. The van der Waals surface area contributed by atoms with Crippen molar-refractivity contribution in [1.82, 2.24) is 5.32 Å². The van der Waals surface area contributed by atoms with E-state index < -0.39 is 6.10 Å². The molecule has 24 heavy (non-hydrogen) atoms. The average Bonchev–Trinajstić information content (AvgIpc) is 2.61. The highest BCUT2D eigenvalue weighted by Gasteiger charge is 2.20. The average molecular weight is 324 g/mol. The van der Waals surface area contributed by atoms with E-state index in [4.69, 9.17) is 0 Å². The van der Waals surface area contributed by atoms with Gasteiger partial charge in [0.15, 0.2) is 0 Å². The van der Waals surface area contributed by atoms with Crippen molar-refractivity contribution in [2.24, 2.45) is 0 Å². The maximum Gasteiger partial charge on any atom is 0.0917 e. The Balaban J connectivity index is 1.47. The van der Waals surface area contributed by atoms with Crippen molar-refractivity contribution >= 4 is 5.69 Å². The molecular weight excluding hydrogens is 296 g/mol. The zero-order valence-corrected chi connectivity index (χ0v) is 14.7. The molecule has 0 bridgehead atoms. The normalized spacial score (nSPS) is 17.0. The van der Waals surface area contributed by atoms with E-state index in [1.165, 1.54) is 11.3 Å². The van der Waals surface area contributed by atoms with E-state index in [1.807, 2.05) is 18.2 Å². The molecule has 1 fully saturated rings. The summed E-state index contributed by atoms with van der Waals surface area (Å²) in [6.45, 7) is 6.95. The molecule has 1 aliphatic rings. The lowest BCUT2D eigenvalue weighted by molar-refractivity contribution is 0.166. The molecule has 0 aromatic heterocycles. The van der Waals surface area contributed by atoms with Crippen LogP contribution in [0.3, 0.4) is 0 Å². The largest absolute Gasteiger partial charge is 0.387 e. The fourth-order valence-electron chi connectivity index (χ4n) is 3.45. The van der Waals surface area contributed by atoms with Crippen molar-refractivity contribution in [3.05, 3.63) is 65.2 Å². The number of anilines is 1. The van der Waals surface area contributed by atoms with Crippen LogP contribution in [0.15, 0.2) is 48.5 Å². The molecule has 3 heteroatoms. The number of aryl methyl sites for hydroxylation is 2. The van der Waals surface area contributed by atoms with Gasteiger partial charge in [0.1, 0.15) is 0 Å². The lowest BCUT2D eigenvalue weighted by Crippen LogP contribution is -2.43. The van der Waals surface area contributed by atoms with Gasteiger partial charge in [-0.15, -0.1) is 0 Å². The first-order valence-electron chi connectivity index (χ1n) is 8.92. The van der Waals surface area contributed by atoms with Gasteiger partial charge in [0.2, 0.25) is 0 Å². The van der Waals surface area contributed by atoms with Crippen LogP contribution >= 0.6 is 0 Å². The van der Waals surface area contributed by atoms with Crippen LogP contribution in [0.1, 0.15) is 35.6 Å². The van der Waals surface area contributed by atoms with Gasteiger partial charge >= 0.3 is 0 Å². The molecule has 1 unspecified atom stereocenters. The molecule has 1 heterocycles. The van der Waals surface area contributed by atoms with Crippen LogP contribution < -0.4 is 10.2 Å². The van der Waals surface area contributed by atoms with Gasteiger partial charge in [0, 0.05) is 31.4 Å². The van der Waals surface area contributed by atoms with E-state index in [0.717, 1.165) is 37.1 Å². The zero-order chi connectivity index (χ0) is 16.9. The topological polar surface area (TPSA) is 35.5 Å². The van der Waals surface area contributed by atoms with Crippen molar-refractivity contribution in [3.8, 4) is 0 Å². The van der Waals surface area contributed by atoms with E-state index in [9.17, 15) is 5.11 Å². The first-order chi connectivity index (χ1) is 11.6. The minimum atomic E-state index is -0.429. The predicted molar refractivity (Wildman–Crippen MR) is 101 cm³/mol. The predicted octanol–water partition coefficient (Wildman–Crippen LogP) is 3.60. The number of aliphatic hydroxyl groups is 1. The Kier molecular flexibility index (Phi) is 5.54. The van der Waals surface area contributed by atoms with Crippen LogP contribution in [-0.4, -0.2) is 30.8 Å². The standard InChI is InChI=1S/C21H28N2O/c1-16-7-9-19(10-8-16)23-13-11-18(12-14-23)22-15-21(24)20-6-4-3-5-17(20)2/h3-10,18,21-22,24H,11-15H2,1-2H3. The highest BCUT2D eigenvalue weighted by atomic mass is 16.3. The van der Waals surface area contributed by atoms with Crippen molar-refractivity contribution < 1.29 is 5.11 Å². The van der Waals surface area contributed by atoms with Crippen molar-refractivity contribution in [3.63, 3.8) is 0 Å². The Labute approximate surface area is 145 Å². The summed E-state index contributed by atoms with van der Waals surface area (Å²) in [6, 6.07) is 17.4. The molecule has 128 valence electrons. The summed E-state index contributed by atoms with van der Waals surface area (Å²) in [7, 11) is 0. The molecule has 3 rings (SSSR count). The molecule has 0 aliphatic carbocycles. The third-order valence-corrected chi connectivity index (χ3v) is 5.04. The molecule has 2 aromatic rings. The van der Waals surface area contributed by atoms with Gasteiger partial charge in [-0.05, 0) is 49.9 Å². The Morgan fingerprint density at radius 2 is 1.71 bits per heavy atom. The van der Waals surface area contributed by atoms with Crippen LogP contribution in [0.2, 0.25) is 0 Å².